The first-order valence-corrected chi connectivity index (χ1v) is 6.29. The summed E-state index contributed by atoms with van der Waals surface area (Å²) in [6.45, 7) is 0. The number of sulfonamides is 1. The molecule has 2 atom stereocenters. The summed E-state index contributed by atoms with van der Waals surface area (Å²) < 4.78 is 38.4. The predicted octanol–water partition coefficient (Wildman–Crippen LogP) is 0.959. The molecular formula is C8H14FNO2S. The average Bonchev–Trinajstić information content (AvgIpc) is 2.80. The van der Waals surface area contributed by atoms with Gasteiger partial charge in [0.05, 0.1) is 11.3 Å². The van der Waals surface area contributed by atoms with Crippen molar-refractivity contribution in [3.63, 3.8) is 0 Å². The van der Waals surface area contributed by atoms with Gasteiger partial charge in [-0.2, -0.15) is 0 Å². The predicted molar refractivity (Wildman–Crippen MR) is 47.6 cm³/mol. The summed E-state index contributed by atoms with van der Waals surface area (Å²) >= 11 is 0. The monoisotopic (exact) mass is 207 g/mol. The number of nitrogens with one attached hydrogen (secondary N) is 1. The van der Waals surface area contributed by atoms with Gasteiger partial charge in [-0.15, -0.1) is 0 Å². The van der Waals surface area contributed by atoms with Crippen LogP contribution in [0, 0.1) is 0 Å². The largest absolute Gasteiger partial charge is 0.246 e. The highest BCUT2D eigenvalue weighted by molar-refractivity contribution is 7.90. The van der Waals surface area contributed by atoms with E-state index in [4.69, 9.17) is 0 Å². The van der Waals surface area contributed by atoms with Crippen molar-refractivity contribution in [3.8, 4) is 0 Å². The maximum Gasteiger partial charge on any atom is 0.214 e. The van der Waals surface area contributed by atoms with E-state index in [0.717, 1.165) is 19.3 Å². The molecule has 0 aromatic rings. The molecule has 0 bridgehead atoms. The minimum atomic E-state index is -3.19. The van der Waals surface area contributed by atoms with Crippen LogP contribution in [0.2, 0.25) is 0 Å². The fourth-order valence-electron chi connectivity index (χ4n) is 1.73. The van der Waals surface area contributed by atoms with Gasteiger partial charge in [0, 0.05) is 0 Å². The summed E-state index contributed by atoms with van der Waals surface area (Å²) in [6, 6.07) is -0.453. The van der Waals surface area contributed by atoms with Crippen LogP contribution in [0.15, 0.2) is 0 Å². The van der Waals surface area contributed by atoms with Crippen LogP contribution in [-0.4, -0.2) is 25.9 Å². The molecule has 2 rings (SSSR count). The Hall–Kier alpha value is -0.160. The zero-order valence-electron chi connectivity index (χ0n) is 7.37. The fourth-order valence-corrected chi connectivity index (χ4v) is 3.37. The van der Waals surface area contributed by atoms with E-state index in [2.05, 4.69) is 4.72 Å². The number of hydrogen-bond acceptors (Lipinski definition) is 2. The Bertz CT molecular complexity index is 287. The van der Waals surface area contributed by atoms with Crippen molar-refractivity contribution >= 4 is 10.0 Å². The first-order valence-electron chi connectivity index (χ1n) is 4.75. The topological polar surface area (TPSA) is 46.2 Å². The van der Waals surface area contributed by atoms with E-state index >= 15 is 0 Å². The summed E-state index contributed by atoms with van der Waals surface area (Å²) in [5.41, 5.74) is 0. The lowest BCUT2D eigenvalue weighted by molar-refractivity contribution is 0.300. The molecule has 0 amide bonds. The van der Waals surface area contributed by atoms with E-state index in [1.165, 1.54) is 0 Å². The lowest BCUT2D eigenvalue weighted by Crippen LogP contribution is -2.39. The highest BCUT2D eigenvalue weighted by atomic mass is 32.2. The van der Waals surface area contributed by atoms with Crippen molar-refractivity contribution in [3.05, 3.63) is 0 Å². The van der Waals surface area contributed by atoms with Crippen molar-refractivity contribution in [2.45, 2.75) is 49.6 Å². The van der Waals surface area contributed by atoms with Crippen molar-refractivity contribution < 1.29 is 12.8 Å². The van der Waals surface area contributed by atoms with Crippen LogP contribution in [0.4, 0.5) is 4.39 Å². The Morgan fingerprint density at radius 2 is 1.85 bits per heavy atom. The van der Waals surface area contributed by atoms with Crippen molar-refractivity contribution in [1.82, 2.24) is 4.72 Å². The SMILES string of the molecule is O=S(=O)(N[C@H]1CCC[C@H]1F)C1CC1. The van der Waals surface area contributed by atoms with E-state index in [0.29, 0.717) is 12.8 Å². The van der Waals surface area contributed by atoms with Crippen LogP contribution in [-0.2, 0) is 10.0 Å². The summed E-state index contributed by atoms with van der Waals surface area (Å²) in [5, 5.41) is -0.236. The highest BCUT2D eigenvalue weighted by Gasteiger charge is 2.39. The van der Waals surface area contributed by atoms with Crippen LogP contribution < -0.4 is 4.72 Å². The molecule has 13 heavy (non-hydrogen) atoms. The molecular weight excluding hydrogens is 193 g/mol. The Labute approximate surface area is 77.8 Å². The second-order valence-corrected chi connectivity index (χ2v) is 5.91. The number of alkyl halides is 1. The minimum Gasteiger partial charge on any atom is -0.246 e. The Morgan fingerprint density at radius 3 is 2.31 bits per heavy atom. The van der Waals surface area contributed by atoms with Gasteiger partial charge >= 0.3 is 0 Å². The van der Waals surface area contributed by atoms with Gasteiger partial charge < -0.3 is 0 Å². The molecule has 0 saturated heterocycles. The molecule has 0 heterocycles. The zero-order chi connectivity index (χ0) is 9.47. The molecule has 1 N–H and O–H groups in total. The van der Waals surface area contributed by atoms with E-state index in [1.807, 2.05) is 0 Å². The van der Waals surface area contributed by atoms with Gasteiger partial charge in [-0.25, -0.2) is 17.5 Å². The van der Waals surface area contributed by atoms with E-state index < -0.39 is 22.2 Å². The molecule has 2 fully saturated rings. The Kier molecular flexibility index (Phi) is 2.32. The lowest BCUT2D eigenvalue weighted by Gasteiger charge is -2.14. The quantitative estimate of drug-likeness (QED) is 0.749. The maximum atomic E-state index is 13.1. The molecule has 0 aromatic heterocycles. The molecule has 2 aliphatic rings. The second kappa shape index (κ2) is 3.20. The van der Waals surface area contributed by atoms with Gasteiger partial charge in [-0.1, -0.05) is 0 Å². The van der Waals surface area contributed by atoms with Crippen molar-refractivity contribution in [2.75, 3.05) is 0 Å². The molecule has 0 aliphatic heterocycles. The zero-order valence-corrected chi connectivity index (χ0v) is 8.19. The first-order chi connectivity index (χ1) is 6.09. The van der Waals surface area contributed by atoms with Gasteiger partial charge in [0.15, 0.2) is 0 Å². The normalized spacial score (nSPS) is 35.2. The first kappa shape index (κ1) is 9.40. The molecule has 0 unspecified atom stereocenters. The van der Waals surface area contributed by atoms with Gasteiger partial charge in [0.2, 0.25) is 10.0 Å². The molecule has 0 spiro atoms. The molecule has 0 aromatic carbocycles. The standard InChI is InChI=1S/C8H14FNO2S/c9-7-2-1-3-8(7)10-13(11,12)6-4-5-6/h6-8,10H,1-5H2/t7-,8+/m1/s1. The summed E-state index contributed by atoms with van der Waals surface area (Å²) in [6.07, 6.45) is 2.43. The molecule has 0 radical (unpaired) electrons. The maximum absolute atomic E-state index is 13.1. The summed E-state index contributed by atoms with van der Waals surface area (Å²) in [5.74, 6) is 0. The van der Waals surface area contributed by atoms with Crippen LogP contribution in [0.25, 0.3) is 0 Å². The fraction of sp³-hybridized carbons (Fsp3) is 1.00. The molecule has 3 nitrogen and oxygen atoms in total. The molecule has 2 aliphatic carbocycles. The third kappa shape index (κ3) is 2.02. The second-order valence-electron chi connectivity index (χ2n) is 3.92. The van der Waals surface area contributed by atoms with E-state index in [1.54, 1.807) is 0 Å². The molecule has 5 heteroatoms. The Balaban J connectivity index is 1.96. The minimum absolute atomic E-state index is 0.236. The van der Waals surface area contributed by atoms with Crippen LogP contribution in [0.3, 0.4) is 0 Å². The summed E-state index contributed by atoms with van der Waals surface area (Å²) in [4.78, 5) is 0. The molecule has 2 saturated carbocycles. The smallest absolute Gasteiger partial charge is 0.214 e. The third-order valence-corrected chi connectivity index (χ3v) is 4.69. The number of hydrogen-bond donors (Lipinski definition) is 1. The third-order valence-electron chi connectivity index (χ3n) is 2.71. The van der Waals surface area contributed by atoms with E-state index in [9.17, 15) is 12.8 Å². The van der Waals surface area contributed by atoms with E-state index in [-0.39, 0.29) is 5.25 Å². The van der Waals surface area contributed by atoms with Gasteiger partial charge in [0.25, 0.3) is 0 Å². The number of rotatable bonds is 3. The van der Waals surface area contributed by atoms with Crippen LogP contribution >= 0.6 is 0 Å². The highest BCUT2D eigenvalue weighted by Crippen LogP contribution is 2.30. The summed E-state index contributed by atoms with van der Waals surface area (Å²) in [7, 11) is -3.19. The van der Waals surface area contributed by atoms with Gasteiger partial charge in [-0.3, -0.25) is 0 Å². The van der Waals surface area contributed by atoms with Gasteiger partial charge in [0.1, 0.15) is 6.17 Å². The number of halogens is 1. The Morgan fingerprint density at radius 1 is 1.15 bits per heavy atom. The average molecular weight is 207 g/mol. The van der Waals surface area contributed by atoms with Crippen LogP contribution in [0.5, 0.6) is 0 Å². The van der Waals surface area contributed by atoms with Gasteiger partial charge in [-0.05, 0) is 32.1 Å². The van der Waals surface area contributed by atoms with Crippen LogP contribution in [0.1, 0.15) is 32.1 Å². The molecule has 76 valence electrons. The van der Waals surface area contributed by atoms with Crippen molar-refractivity contribution in [2.24, 2.45) is 0 Å². The lowest BCUT2D eigenvalue weighted by atomic mass is 10.2. The van der Waals surface area contributed by atoms with Crippen molar-refractivity contribution in [1.29, 1.82) is 0 Å².